The van der Waals surface area contributed by atoms with Gasteiger partial charge in [-0.15, -0.1) is 0 Å². The molecule has 0 aromatic carbocycles. The van der Waals surface area contributed by atoms with E-state index in [-0.39, 0.29) is 5.94 Å². The van der Waals surface area contributed by atoms with Gasteiger partial charge in [-0.1, -0.05) is 5.94 Å². The summed E-state index contributed by atoms with van der Waals surface area (Å²) in [5.41, 5.74) is 0. The minimum atomic E-state index is -0.848. The third-order valence-corrected chi connectivity index (χ3v) is 2.05. The number of rotatable bonds is 5. The number of hydrogen-bond donors (Lipinski definition) is 0. The second kappa shape index (κ2) is 9.19. The van der Waals surface area contributed by atoms with Gasteiger partial charge in [0, 0.05) is 6.66 Å². The van der Waals surface area contributed by atoms with E-state index in [1.165, 1.54) is 0 Å². The van der Waals surface area contributed by atoms with Crippen molar-refractivity contribution in [2.24, 2.45) is 0 Å². The normalized spacial score (nSPS) is 11.4. The minimum Gasteiger partial charge on any atom is -0.764 e. The predicted octanol–water partition coefficient (Wildman–Crippen LogP) is 1.38. The largest absolute Gasteiger partial charge is 0.764 e. The molecule has 0 N–H and O–H groups in total. The zero-order valence-corrected chi connectivity index (χ0v) is 14.6. The standard InChI is InChI=1S/C5H10NO2PS.Rf/c1-9(8-5-10)7-4-2-3-6;/h10H,2,4-5H2,1H3;/p-1. The molecule has 6 heteroatoms. The van der Waals surface area contributed by atoms with Crippen LogP contribution in [-0.2, 0) is 21.7 Å². The van der Waals surface area contributed by atoms with Gasteiger partial charge in [0.2, 0.25) is 0 Å². The summed E-state index contributed by atoms with van der Waals surface area (Å²) in [5, 5.41) is 8.12. The third-order valence-electron chi connectivity index (χ3n) is 0.721. The molecule has 0 radical (unpaired) electrons. The molecule has 11 heavy (non-hydrogen) atoms. The van der Waals surface area contributed by atoms with E-state index in [9.17, 15) is 0 Å². The Labute approximate surface area is 67.6 Å². The van der Waals surface area contributed by atoms with Crippen molar-refractivity contribution in [2.75, 3.05) is 19.2 Å². The second-order valence-corrected chi connectivity index (χ2v) is 3.06. The molecule has 0 aliphatic carbocycles. The summed E-state index contributed by atoms with van der Waals surface area (Å²) in [6.45, 7) is 2.26. The smallest absolute Gasteiger partial charge is 0.165 e. The zero-order chi connectivity index (χ0) is 7.82. The topological polar surface area (TPSA) is 42.2 Å². The Bertz CT molecular complexity index is 122. The van der Waals surface area contributed by atoms with Crippen LogP contribution in [0.3, 0.4) is 0 Å². The Balaban J connectivity index is 0. The van der Waals surface area contributed by atoms with E-state index in [1.807, 2.05) is 12.7 Å². The monoisotopic (exact) mass is 445 g/mol. The van der Waals surface area contributed by atoms with Gasteiger partial charge < -0.3 is 21.7 Å². The van der Waals surface area contributed by atoms with Crippen LogP contribution in [0, 0.1) is 11.3 Å². The first-order valence-electron chi connectivity index (χ1n) is 2.76. The van der Waals surface area contributed by atoms with Crippen LogP contribution >= 0.6 is 8.38 Å². The molecule has 0 aliphatic rings. The van der Waals surface area contributed by atoms with Crippen molar-refractivity contribution < 1.29 is 9.05 Å². The fourth-order valence-electron chi connectivity index (χ4n) is 0.331. The van der Waals surface area contributed by atoms with Gasteiger partial charge >= 0.3 is 0 Å². The van der Waals surface area contributed by atoms with E-state index in [1.54, 1.807) is 0 Å². The Morgan fingerprint density at radius 3 is 2.64 bits per heavy atom. The summed E-state index contributed by atoms with van der Waals surface area (Å²) in [5.74, 6) is 0.259. The Morgan fingerprint density at radius 1 is 1.55 bits per heavy atom. The van der Waals surface area contributed by atoms with E-state index in [0.29, 0.717) is 13.0 Å². The van der Waals surface area contributed by atoms with Crippen LogP contribution in [-0.4, -0.2) is 19.2 Å². The molecule has 0 spiro atoms. The summed E-state index contributed by atoms with van der Waals surface area (Å²) < 4.78 is 10.0. The predicted molar refractivity (Wildman–Crippen MR) is 42.3 cm³/mol. The van der Waals surface area contributed by atoms with Gasteiger partial charge in [0.25, 0.3) is 0 Å². The van der Waals surface area contributed by atoms with Crippen LogP contribution < -0.4 is 0 Å². The molecule has 0 rings (SSSR count). The minimum absolute atomic E-state index is 0. The SMILES string of the molecule is CP(OC[S-])OCCC#N.[Rf]. The zero-order valence-electron chi connectivity index (χ0n) is 6.45. The molecule has 1 unspecified atom stereocenters. The second-order valence-electron chi connectivity index (χ2n) is 1.43. The van der Waals surface area contributed by atoms with Crippen molar-refractivity contribution in [1.29, 1.82) is 5.26 Å². The molecule has 0 aromatic heterocycles. The van der Waals surface area contributed by atoms with Crippen LogP contribution in [0.2, 0.25) is 0 Å². The summed E-state index contributed by atoms with van der Waals surface area (Å²) >= 11 is 4.56. The van der Waals surface area contributed by atoms with Gasteiger partial charge in [0.15, 0.2) is 8.38 Å². The number of hydrogen-bond acceptors (Lipinski definition) is 4. The molecule has 0 amide bonds. The molecule has 0 bridgehead atoms. The van der Waals surface area contributed by atoms with Gasteiger partial charge in [-0.3, -0.25) is 0 Å². The van der Waals surface area contributed by atoms with Crippen LogP contribution in [0.25, 0.3) is 0 Å². The van der Waals surface area contributed by atoms with E-state index in [0.717, 1.165) is 0 Å². The molecule has 0 aromatic rings. The summed E-state index contributed by atoms with van der Waals surface area (Å²) in [4.78, 5) is 0. The van der Waals surface area contributed by atoms with Gasteiger partial charge in [-0.05, 0) is 0 Å². The maximum atomic E-state index is 8.12. The van der Waals surface area contributed by atoms with Crippen molar-refractivity contribution in [2.45, 2.75) is 6.42 Å². The van der Waals surface area contributed by atoms with Crippen molar-refractivity contribution in [3.05, 3.63) is 0 Å². The third kappa shape index (κ3) is 9.19. The van der Waals surface area contributed by atoms with Gasteiger partial charge in [-0.2, -0.15) is 5.26 Å². The Hall–Kier alpha value is -0.810. The van der Waals surface area contributed by atoms with Crippen LogP contribution in [0.1, 0.15) is 6.42 Å². The first-order valence-corrected chi connectivity index (χ1v) is 4.96. The van der Waals surface area contributed by atoms with Crippen LogP contribution in [0.15, 0.2) is 0 Å². The maximum absolute atomic E-state index is 8.12. The van der Waals surface area contributed by atoms with Crippen molar-refractivity contribution in [1.82, 2.24) is 0 Å². The quantitative estimate of drug-likeness (QED) is 0.365. The van der Waals surface area contributed by atoms with Gasteiger partial charge in [0.05, 0.1) is 19.1 Å². The van der Waals surface area contributed by atoms with Crippen LogP contribution in [0.4, 0.5) is 0 Å². The van der Waals surface area contributed by atoms with Crippen LogP contribution in [0.5, 0.6) is 0 Å². The van der Waals surface area contributed by atoms with Crippen molar-refractivity contribution in [3.63, 3.8) is 0 Å². The molecule has 0 saturated heterocycles. The molecule has 0 heterocycles. The molecule has 0 aliphatic heterocycles. The first-order chi connectivity index (χ1) is 4.81. The van der Waals surface area contributed by atoms with Crippen molar-refractivity contribution >= 4 is 21.0 Å². The summed E-state index contributed by atoms with van der Waals surface area (Å²) in [6, 6.07) is 1.97. The fourth-order valence-corrected chi connectivity index (χ4v) is 1.35. The Kier molecular flexibility index (Phi) is 10.7. The molecule has 3 nitrogen and oxygen atoms in total. The first kappa shape index (κ1) is 12.8. The average molecular weight is 445 g/mol. The molecule has 0 fully saturated rings. The van der Waals surface area contributed by atoms with E-state index in [4.69, 9.17) is 14.3 Å². The molecule has 60 valence electrons. The van der Waals surface area contributed by atoms with E-state index >= 15 is 0 Å². The molecular formula is C5H9NO2PRfS-. The molecular weight excluding hydrogens is 436 g/mol. The number of nitriles is 1. The van der Waals surface area contributed by atoms with Gasteiger partial charge in [0.1, 0.15) is 0 Å². The fraction of sp³-hybridized carbons (Fsp3) is 0.800. The average Bonchev–Trinajstić information content (AvgIpc) is 1.89. The molecule has 0 saturated carbocycles. The van der Waals surface area contributed by atoms with E-state index < -0.39 is 8.38 Å². The van der Waals surface area contributed by atoms with Gasteiger partial charge in [-0.25, -0.2) is 0 Å². The van der Waals surface area contributed by atoms with Crippen molar-refractivity contribution in [3.8, 4) is 6.07 Å². The maximum Gasteiger partial charge on any atom is 0.165 e. The molecule has 1 atom stereocenters. The summed E-state index contributed by atoms with van der Waals surface area (Å²) in [6.07, 6.45) is 0.410. The summed E-state index contributed by atoms with van der Waals surface area (Å²) in [7, 11) is -0.848. The Morgan fingerprint density at radius 2 is 2.18 bits per heavy atom. The number of nitrogens with zero attached hydrogens (tertiary/aromatic N) is 1. The van der Waals surface area contributed by atoms with E-state index in [2.05, 4.69) is 12.6 Å².